The molecule has 1 N–H and O–H groups in total. The molecule has 1 amide bonds. The van der Waals surface area contributed by atoms with E-state index in [0.29, 0.717) is 11.3 Å². The average Bonchev–Trinajstić information content (AvgIpc) is 3.21. The maximum atomic E-state index is 13.0. The molecule has 0 spiro atoms. The molecular formula is C20H26ClN3O3S. The number of aryl methyl sites for hydroxylation is 1. The third-order valence-corrected chi connectivity index (χ3v) is 6.82. The summed E-state index contributed by atoms with van der Waals surface area (Å²) in [5.41, 5.74) is 2.01. The van der Waals surface area contributed by atoms with Gasteiger partial charge in [-0.15, -0.1) is 12.4 Å². The van der Waals surface area contributed by atoms with Crippen LogP contribution in [-0.2, 0) is 10.0 Å². The Morgan fingerprint density at radius 2 is 1.79 bits per heavy atom. The zero-order chi connectivity index (χ0) is 19.6. The molecule has 28 heavy (non-hydrogen) atoms. The van der Waals surface area contributed by atoms with Gasteiger partial charge in [-0.25, -0.2) is 8.42 Å². The topological polar surface area (TPSA) is 69.7 Å². The zero-order valence-electron chi connectivity index (χ0n) is 16.3. The second-order valence-electron chi connectivity index (χ2n) is 6.90. The fraction of sp³-hybridized carbons (Fsp3) is 0.350. The number of sulfonamides is 1. The minimum absolute atomic E-state index is 0. The van der Waals surface area contributed by atoms with Crippen LogP contribution >= 0.6 is 12.4 Å². The van der Waals surface area contributed by atoms with E-state index in [1.165, 1.54) is 23.5 Å². The number of halogens is 1. The van der Waals surface area contributed by atoms with E-state index in [1.807, 2.05) is 19.1 Å². The minimum Gasteiger partial charge on any atom is -0.337 e. The molecule has 1 aliphatic heterocycles. The lowest BCUT2D eigenvalue weighted by atomic mass is 10.1. The van der Waals surface area contributed by atoms with Gasteiger partial charge in [0.25, 0.3) is 15.9 Å². The second kappa shape index (κ2) is 8.94. The molecule has 1 heterocycles. The van der Waals surface area contributed by atoms with Crippen LogP contribution in [0.15, 0.2) is 53.4 Å². The monoisotopic (exact) mass is 423 g/mol. The second-order valence-corrected chi connectivity index (χ2v) is 8.87. The summed E-state index contributed by atoms with van der Waals surface area (Å²) >= 11 is 0. The van der Waals surface area contributed by atoms with Gasteiger partial charge >= 0.3 is 0 Å². The van der Waals surface area contributed by atoms with Crippen molar-refractivity contribution >= 4 is 34.0 Å². The molecule has 1 fully saturated rings. The summed E-state index contributed by atoms with van der Waals surface area (Å²) in [6, 6.07) is 13.7. The van der Waals surface area contributed by atoms with Gasteiger partial charge in [-0.1, -0.05) is 23.8 Å². The number of nitrogens with one attached hydrogen (secondary N) is 1. The van der Waals surface area contributed by atoms with E-state index in [-0.39, 0.29) is 29.3 Å². The summed E-state index contributed by atoms with van der Waals surface area (Å²) in [5.74, 6) is -0.168. The number of amides is 1. The van der Waals surface area contributed by atoms with Gasteiger partial charge in [-0.3, -0.25) is 9.10 Å². The van der Waals surface area contributed by atoms with E-state index in [9.17, 15) is 13.2 Å². The third-order valence-electron chi connectivity index (χ3n) is 5.04. The van der Waals surface area contributed by atoms with Crippen molar-refractivity contribution in [2.24, 2.45) is 0 Å². The Hall–Kier alpha value is -2.09. The lowest BCUT2D eigenvalue weighted by Crippen LogP contribution is -2.38. The van der Waals surface area contributed by atoms with Crippen LogP contribution in [0.1, 0.15) is 22.3 Å². The van der Waals surface area contributed by atoms with E-state index in [4.69, 9.17) is 0 Å². The van der Waals surface area contributed by atoms with E-state index < -0.39 is 10.0 Å². The summed E-state index contributed by atoms with van der Waals surface area (Å²) in [6.07, 6.45) is 0.899. The van der Waals surface area contributed by atoms with Gasteiger partial charge in [-0.2, -0.15) is 0 Å². The van der Waals surface area contributed by atoms with Crippen LogP contribution in [-0.4, -0.2) is 52.5 Å². The molecular weight excluding hydrogens is 398 g/mol. The SMILES string of the molecule is Cc1ccc(N(C)S(=O)(=O)c2cccc(C(=O)N(C)C3CCNC3)c2)cc1.Cl. The van der Waals surface area contributed by atoms with Gasteiger partial charge in [0.05, 0.1) is 10.6 Å². The van der Waals surface area contributed by atoms with Crippen LogP contribution < -0.4 is 9.62 Å². The van der Waals surface area contributed by atoms with Crippen molar-refractivity contribution in [3.05, 3.63) is 59.7 Å². The van der Waals surface area contributed by atoms with Gasteiger partial charge in [0, 0.05) is 32.2 Å². The molecule has 0 aromatic heterocycles. The number of rotatable bonds is 5. The Labute approximate surface area is 173 Å². The fourth-order valence-electron chi connectivity index (χ4n) is 3.18. The van der Waals surface area contributed by atoms with Crippen LogP contribution in [0.2, 0.25) is 0 Å². The largest absolute Gasteiger partial charge is 0.337 e. The van der Waals surface area contributed by atoms with Gasteiger partial charge in [0.2, 0.25) is 0 Å². The van der Waals surface area contributed by atoms with Gasteiger partial charge in [0.1, 0.15) is 0 Å². The smallest absolute Gasteiger partial charge is 0.264 e. The molecule has 0 saturated carbocycles. The molecule has 1 atom stereocenters. The summed E-state index contributed by atoms with van der Waals surface area (Å²) in [6.45, 7) is 3.60. The molecule has 2 aromatic carbocycles. The number of benzene rings is 2. The highest BCUT2D eigenvalue weighted by Crippen LogP contribution is 2.23. The van der Waals surface area contributed by atoms with Gasteiger partial charge < -0.3 is 10.2 Å². The molecule has 0 aliphatic carbocycles. The van der Waals surface area contributed by atoms with Crippen molar-refractivity contribution < 1.29 is 13.2 Å². The standard InChI is InChI=1S/C20H25N3O3S.ClH/c1-15-7-9-17(10-8-15)23(3)27(25,26)19-6-4-5-16(13-19)20(24)22(2)18-11-12-21-14-18;/h4-10,13,18,21H,11-12,14H2,1-3H3;1H. The zero-order valence-corrected chi connectivity index (χ0v) is 17.9. The van der Waals surface area contributed by atoms with Gasteiger partial charge in [-0.05, 0) is 50.2 Å². The van der Waals surface area contributed by atoms with Crippen LogP contribution in [0.5, 0.6) is 0 Å². The molecule has 152 valence electrons. The Balaban J connectivity index is 0.00000280. The molecule has 2 aromatic rings. The normalized spacial score (nSPS) is 16.3. The highest BCUT2D eigenvalue weighted by atomic mass is 35.5. The number of hydrogen-bond donors (Lipinski definition) is 1. The molecule has 6 nitrogen and oxygen atoms in total. The first-order valence-corrected chi connectivity index (χ1v) is 10.4. The maximum absolute atomic E-state index is 13.0. The van der Waals surface area contributed by atoms with E-state index in [2.05, 4.69) is 5.32 Å². The number of carbonyl (C=O) groups excluding carboxylic acids is 1. The van der Waals surface area contributed by atoms with Crippen molar-refractivity contribution in [1.29, 1.82) is 0 Å². The number of carbonyl (C=O) groups is 1. The number of nitrogens with zero attached hydrogens (tertiary/aromatic N) is 2. The van der Waals surface area contributed by atoms with E-state index in [0.717, 1.165) is 25.1 Å². The lowest BCUT2D eigenvalue weighted by Gasteiger charge is -2.24. The average molecular weight is 424 g/mol. The fourth-order valence-corrected chi connectivity index (χ4v) is 4.42. The molecule has 0 bridgehead atoms. The van der Waals surface area contributed by atoms with Crippen molar-refractivity contribution in [3.8, 4) is 0 Å². The predicted molar refractivity (Wildman–Crippen MR) is 114 cm³/mol. The van der Waals surface area contributed by atoms with Crippen LogP contribution in [0.25, 0.3) is 0 Å². The third kappa shape index (κ3) is 4.48. The van der Waals surface area contributed by atoms with Crippen LogP contribution in [0.3, 0.4) is 0 Å². The van der Waals surface area contributed by atoms with Crippen molar-refractivity contribution in [1.82, 2.24) is 10.2 Å². The number of anilines is 1. The highest BCUT2D eigenvalue weighted by Gasteiger charge is 2.26. The van der Waals surface area contributed by atoms with Crippen LogP contribution in [0.4, 0.5) is 5.69 Å². The highest BCUT2D eigenvalue weighted by molar-refractivity contribution is 7.92. The minimum atomic E-state index is -3.76. The van der Waals surface area contributed by atoms with Crippen LogP contribution in [0, 0.1) is 6.92 Å². The van der Waals surface area contributed by atoms with Crippen molar-refractivity contribution in [2.45, 2.75) is 24.3 Å². The Bertz CT molecular complexity index is 926. The Morgan fingerprint density at radius 3 is 2.39 bits per heavy atom. The molecule has 1 unspecified atom stereocenters. The number of hydrogen-bond acceptors (Lipinski definition) is 4. The molecule has 8 heteroatoms. The molecule has 1 aliphatic rings. The summed E-state index contributed by atoms with van der Waals surface area (Å²) < 4.78 is 27.3. The Morgan fingerprint density at radius 1 is 1.11 bits per heavy atom. The summed E-state index contributed by atoms with van der Waals surface area (Å²) in [7, 11) is -0.473. The lowest BCUT2D eigenvalue weighted by molar-refractivity contribution is 0.0743. The first kappa shape index (κ1) is 22.2. The summed E-state index contributed by atoms with van der Waals surface area (Å²) in [5, 5.41) is 3.24. The molecule has 1 saturated heterocycles. The van der Waals surface area contributed by atoms with Crippen molar-refractivity contribution in [3.63, 3.8) is 0 Å². The molecule has 3 rings (SSSR count). The summed E-state index contributed by atoms with van der Waals surface area (Å²) in [4.78, 5) is 14.6. The first-order chi connectivity index (χ1) is 12.8. The van der Waals surface area contributed by atoms with Crippen molar-refractivity contribution in [2.75, 3.05) is 31.5 Å². The first-order valence-electron chi connectivity index (χ1n) is 8.94. The quantitative estimate of drug-likeness (QED) is 0.802. The van der Waals surface area contributed by atoms with Gasteiger partial charge in [0.15, 0.2) is 0 Å². The maximum Gasteiger partial charge on any atom is 0.264 e. The molecule has 0 radical (unpaired) electrons. The van der Waals surface area contributed by atoms with E-state index in [1.54, 1.807) is 36.2 Å². The predicted octanol–water partition coefficient (Wildman–Crippen LogP) is 2.68. The van der Waals surface area contributed by atoms with E-state index >= 15 is 0 Å². The number of likely N-dealkylation sites (N-methyl/N-ethyl adjacent to an activating group) is 1. The Kier molecular flexibility index (Phi) is 7.09.